The molecule has 1 heterocycles. The third-order valence-corrected chi connectivity index (χ3v) is 7.74. The average Bonchev–Trinajstić information content (AvgIpc) is 3.01. The first kappa shape index (κ1) is 27.2. The van der Waals surface area contributed by atoms with E-state index < -0.39 is 12.1 Å². The monoisotopic (exact) mass is 533 g/mol. The van der Waals surface area contributed by atoms with E-state index in [1.165, 1.54) is 0 Å². The third kappa shape index (κ3) is 6.24. The van der Waals surface area contributed by atoms with E-state index in [9.17, 15) is 14.7 Å². The molecule has 4 aromatic carbocycles. The van der Waals surface area contributed by atoms with Crippen LogP contribution in [0.15, 0.2) is 109 Å². The number of hydrogen-bond donors (Lipinski definition) is 3. The molecule has 40 heavy (non-hydrogen) atoms. The third-order valence-electron chi connectivity index (χ3n) is 7.74. The number of amides is 2. The smallest absolute Gasteiger partial charge is 0.243 e. The van der Waals surface area contributed by atoms with Crippen LogP contribution in [0.3, 0.4) is 0 Å². The van der Waals surface area contributed by atoms with Crippen molar-refractivity contribution >= 4 is 11.8 Å². The largest absolute Gasteiger partial charge is 0.508 e. The lowest BCUT2D eigenvalue weighted by molar-refractivity contribution is -0.143. The van der Waals surface area contributed by atoms with Crippen LogP contribution in [-0.4, -0.2) is 47.5 Å². The Kier molecular flexibility index (Phi) is 8.57. The van der Waals surface area contributed by atoms with Crippen LogP contribution in [0.25, 0.3) is 0 Å². The van der Waals surface area contributed by atoms with Crippen LogP contribution < -0.4 is 10.6 Å². The Hall–Kier alpha value is -4.42. The summed E-state index contributed by atoms with van der Waals surface area (Å²) < 4.78 is 0. The Balaban J connectivity index is 1.38. The van der Waals surface area contributed by atoms with Gasteiger partial charge in [-0.25, -0.2) is 0 Å². The second-order valence-electron chi connectivity index (χ2n) is 10.3. The van der Waals surface area contributed by atoms with Gasteiger partial charge in [-0.3, -0.25) is 9.59 Å². The molecule has 4 aromatic rings. The van der Waals surface area contributed by atoms with Crippen molar-refractivity contribution in [2.75, 3.05) is 13.6 Å². The van der Waals surface area contributed by atoms with Gasteiger partial charge in [-0.1, -0.05) is 97.1 Å². The van der Waals surface area contributed by atoms with E-state index in [-0.39, 0.29) is 23.5 Å². The molecule has 2 atom stereocenters. The second kappa shape index (κ2) is 12.6. The molecule has 0 bridgehead atoms. The predicted octanol–water partition coefficient (Wildman–Crippen LogP) is 4.42. The van der Waals surface area contributed by atoms with Gasteiger partial charge in [0.05, 0.1) is 6.04 Å². The highest BCUT2D eigenvalue weighted by molar-refractivity contribution is 5.90. The number of rotatable bonds is 9. The highest BCUT2D eigenvalue weighted by atomic mass is 16.3. The SMILES string of the molecule is CN[C@@H](Cc1ccc(O)cc1)C(=O)N1Cc2ccccc2CC1C(=O)NCC(c1ccccc1)c1ccccc1. The van der Waals surface area contributed by atoms with Crippen molar-refractivity contribution in [3.63, 3.8) is 0 Å². The average molecular weight is 534 g/mol. The minimum atomic E-state index is -0.620. The van der Waals surface area contributed by atoms with Gasteiger partial charge in [0.25, 0.3) is 0 Å². The predicted molar refractivity (Wildman–Crippen MR) is 157 cm³/mol. The molecule has 0 saturated carbocycles. The molecule has 3 N–H and O–H groups in total. The van der Waals surface area contributed by atoms with Crippen LogP contribution in [0.2, 0.25) is 0 Å². The first-order chi connectivity index (χ1) is 19.5. The molecule has 1 aliphatic heterocycles. The van der Waals surface area contributed by atoms with E-state index in [0.29, 0.717) is 25.9 Å². The summed E-state index contributed by atoms with van der Waals surface area (Å²) in [5, 5.41) is 16.0. The summed E-state index contributed by atoms with van der Waals surface area (Å²) in [6.45, 7) is 0.803. The summed E-state index contributed by atoms with van der Waals surface area (Å²) >= 11 is 0. The van der Waals surface area contributed by atoms with Gasteiger partial charge >= 0.3 is 0 Å². The van der Waals surface area contributed by atoms with E-state index in [4.69, 9.17) is 0 Å². The van der Waals surface area contributed by atoms with E-state index >= 15 is 0 Å². The van der Waals surface area contributed by atoms with Crippen molar-refractivity contribution in [1.82, 2.24) is 15.5 Å². The lowest BCUT2D eigenvalue weighted by Crippen LogP contribution is -2.57. The van der Waals surface area contributed by atoms with Crippen molar-refractivity contribution in [1.29, 1.82) is 0 Å². The van der Waals surface area contributed by atoms with Crippen molar-refractivity contribution in [3.8, 4) is 5.75 Å². The van der Waals surface area contributed by atoms with E-state index in [1.54, 1.807) is 24.1 Å². The zero-order valence-corrected chi connectivity index (χ0v) is 22.7. The number of likely N-dealkylation sites (N-methyl/N-ethyl adjacent to an activating group) is 1. The first-order valence-electron chi connectivity index (χ1n) is 13.7. The second-order valence-corrected chi connectivity index (χ2v) is 10.3. The quantitative estimate of drug-likeness (QED) is 0.298. The van der Waals surface area contributed by atoms with Crippen molar-refractivity contribution in [3.05, 3.63) is 137 Å². The minimum Gasteiger partial charge on any atom is -0.508 e. The molecule has 2 amide bonds. The Morgan fingerprint density at radius 1 is 0.825 bits per heavy atom. The molecular formula is C34H35N3O3. The lowest BCUT2D eigenvalue weighted by atomic mass is 9.90. The molecule has 204 valence electrons. The number of benzene rings is 4. The highest BCUT2D eigenvalue weighted by Crippen LogP contribution is 2.27. The number of carbonyl (C=O) groups is 2. The van der Waals surface area contributed by atoms with E-state index in [2.05, 4.69) is 34.9 Å². The zero-order chi connectivity index (χ0) is 27.9. The molecule has 5 rings (SSSR count). The fourth-order valence-corrected chi connectivity index (χ4v) is 5.49. The Bertz CT molecular complexity index is 1380. The number of hydrogen-bond acceptors (Lipinski definition) is 4. The molecule has 0 aromatic heterocycles. The van der Waals surface area contributed by atoms with Gasteiger partial charge < -0.3 is 20.6 Å². The number of aromatic hydroxyl groups is 1. The molecular weight excluding hydrogens is 498 g/mol. The Morgan fingerprint density at radius 2 is 1.40 bits per heavy atom. The fourth-order valence-electron chi connectivity index (χ4n) is 5.49. The van der Waals surface area contributed by atoms with Crippen molar-refractivity contribution < 1.29 is 14.7 Å². The summed E-state index contributed by atoms with van der Waals surface area (Å²) in [5.41, 5.74) is 5.33. The van der Waals surface area contributed by atoms with Gasteiger partial charge in [0.15, 0.2) is 0 Å². The van der Waals surface area contributed by atoms with Crippen molar-refractivity contribution in [2.24, 2.45) is 0 Å². The molecule has 0 saturated heterocycles. The molecule has 1 aliphatic rings. The van der Waals surface area contributed by atoms with Gasteiger partial charge in [-0.2, -0.15) is 0 Å². The molecule has 6 nitrogen and oxygen atoms in total. The van der Waals surface area contributed by atoms with E-state index in [0.717, 1.165) is 27.8 Å². The lowest BCUT2D eigenvalue weighted by Gasteiger charge is -2.38. The molecule has 0 spiro atoms. The Labute approximate surface area is 235 Å². The summed E-state index contributed by atoms with van der Waals surface area (Å²) in [6.07, 6.45) is 0.914. The standard InChI is InChI=1S/C34H35N3O3/c1-35-31(20-24-16-18-29(38)19-17-24)34(40)37-23-28-15-9-8-14-27(28)21-32(37)33(39)36-22-30(25-10-4-2-5-11-25)26-12-6-3-7-13-26/h2-19,30-32,35,38H,20-23H2,1H3,(H,36,39)/t31-,32?/m0/s1. The number of phenolic OH excluding ortho intramolecular Hbond substituents is 1. The van der Waals surface area contributed by atoms with Gasteiger partial charge in [-0.15, -0.1) is 0 Å². The number of nitrogens with zero attached hydrogens (tertiary/aromatic N) is 1. The highest BCUT2D eigenvalue weighted by Gasteiger charge is 2.37. The molecule has 0 fully saturated rings. The van der Waals surface area contributed by atoms with Crippen LogP contribution in [0.5, 0.6) is 5.75 Å². The van der Waals surface area contributed by atoms with Crippen LogP contribution >= 0.6 is 0 Å². The number of fused-ring (bicyclic) bond motifs is 1. The normalized spacial score (nSPS) is 15.3. The van der Waals surface area contributed by atoms with Gasteiger partial charge in [0, 0.05) is 25.4 Å². The number of phenols is 1. The maximum atomic E-state index is 13.9. The summed E-state index contributed by atoms with van der Waals surface area (Å²) in [4.78, 5) is 29.5. The fraction of sp³-hybridized carbons (Fsp3) is 0.235. The zero-order valence-electron chi connectivity index (χ0n) is 22.7. The maximum absolute atomic E-state index is 13.9. The number of nitrogens with one attached hydrogen (secondary N) is 2. The summed E-state index contributed by atoms with van der Waals surface area (Å²) in [6, 6.07) is 34.1. The van der Waals surface area contributed by atoms with Crippen LogP contribution in [0.1, 0.15) is 33.7 Å². The maximum Gasteiger partial charge on any atom is 0.243 e. The topological polar surface area (TPSA) is 81.7 Å². The Morgan fingerprint density at radius 3 is 2.00 bits per heavy atom. The molecule has 0 aliphatic carbocycles. The van der Waals surface area contributed by atoms with Gasteiger partial charge in [0.1, 0.15) is 11.8 Å². The van der Waals surface area contributed by atoms with Gasteiger partial charge in [0.2, 0.25) is 11.8 Å². The van der Waals surface area contributed by atoms with Crippen LogP contribution in [-0.2, 0) is 29.0 Å². The molecule has 6 heteroatoms. The van der Waals surface area contributed by atoms with E-state index in [1.807, 2.05) is 72.8 Å². The number of carbonyl (C=O) groups excluding carboxylic acids is 2. The molecule has 0 radical (unpaired) electrons. The summed E-state index contributed by atoms with van der Waals surface area (Å²) in [7, 11) is 1.76. The van der Waals surface area contributed by atoms with Crippen molar-refractivity contribution in [2.45, 2.75) is 37.4 Å². The minimum absolute atomic E-state index is 0.00840. The first-order valence-corrected chi connectivity index (χ1v) is 13.7. The molecule has 1 unspecified atom stereocenters. The van der Waals surface area contributed by atoms with Gasteiger partial charge in [-0.05, 0) is 53.4 Å². The van der Waals surface area contributed by atoms with Crippen LogP contribution in [0.4, 0.5) is 0 Å². The van der Waals surface area contributed by atoms with Crippen LogP contribution in [0, 0.1) is 0 Å². The summed E-state index contributed by atoms with van der Waals surface area (Å²) in [5.74, 6) is -0.0946.